The highest BCUT2D eigenvalue weighted by Gasteiger charge is 2.60. The maximum atomic E-state index is 12.7. The molecule has 1 spiro atoms. The van der Waals surface area contributed by atoms with Gasteiger partial charge in [0.25, 0.3) is 0 Å². The Morgan fingerprint density at radius 3 is 2.56 bits per heavy atom. The van der Waals surface area contributed by atoms with Crippen molar-refractivity contribution in [2.24, 2.45) is 0 Å². The van der Waals surface area contributed by atoms with Crippen LogP contribution in [0.2, 0.25) is 0 Å². The molecule has 1 aliphatic carbocycles. The monoisotopic (exact) mass is 400 g/mol. The van der Waals surface area contributed by atoms with Crippen molar-refractivity contribution in [2.75, 3.05) is 17.5 Å². The van der Waals surface area contributed by atoms with E-state index in [1.807, 2.05) is 12.1 Å². The summed E-state index contributed by atoms with van der Waals surface area (Å²) in [5, 5.41) is 39.8. The lowest BCUT2D eigenvalue weighted by atomic mass is 9.90. The Balaban J connectivity index is 1.69. The van der Waals surface area contributed by atoms with Crippen LogP contribution in [0.4, 0.5) is 5.69 Å². The number of aryl methyl sites for hydroxylation is 2. The second-order valence-electron chi connectivity index (χ2n) is 7.43. The Morgan fingerprint density at radius 2 is 1.85 bits per heavy atom. The Labute approximate surface area is 157 Å². The van der Waals surface area contributed by atoms with E-state index in [0.717, 1.165) is 35.6 Å². The molecule has 0 saturated carbocycles. The van der Waals surface area contributed by atoms with E-state index in [1.165, 1.54) is 5.56 Å². The van der Waals surface area contributed by atoms with Crippen molar-refractivity contribution in [1.82, 2.24) is 4.72 Å². The number of fused-ring (bicyclic) bond motifs is 1. The minimum atomic E-state index is -4.06. The summed E-state index contributed by atoms with van der Waals surface area (Å²) in [5.41, 5.74) is 0.888. The number of aliphatic hydroxyl groups excluding tert-OH is 4. The molecule has 0 radical (unpaired) electrons. The van der Waals surface area contributed by atoms with Gasteiger partial charge in [0.15, 0.2) is 5.72 Å². The molecule has 150 valence electrons. The Morgan fingerprint density at radius 1 is 1.15 bits per heavy atom. The molecule has 5 atom stereocenters. The Bertz CT molecular complexity index is 831. The summed E-state index contributed by atoms with van der Waals surface area (Å²) in [6.07, 6.45) is -2.11. The van der Waals surface area contributed by atoms with Crippen molar-refractivity contribution in [2.45, 2.75) is 55.8 Å². The highest BCUT2D eigenvalue weighted by molar-refractivity contribution is 7.91. The molecule has 9 nitrogen and oxygen atoms in total. The number of hydrogen-bond acceptors (Lipinski definition) is 7. The lowest BCUT2D eigenvalue weighted by Gasteiger charge is -2.45. The van der Waals surface area contributed by atoms with Gasteiger partial charge in [0.2, 0.25) is 0 Å². The van der Waals surface area contributed by atoms with Crippen LogP contribution >= 0.6 is 0 Å². The quantitative estimate of drug-likeness (QED) is 0.402. The summed E-state index contributed by atoms with van der Waals surface area (Å²) in [5.74, 6) is 0. The first-order valence-corrected chi connectivity index (χ1v) is 10.5. The number of hydrogen-bond donors (Lipinski definition) is 5. The molecule has 2 heterocycles. The van der Waals surface area contributed by atoms with E-state index in [1.54, 1.807) is 6.07 Å². The average molecular weight is 400 g/mol. The first-order chi connectivity index (χ1) is 12.8. The normalized spacial score (nSPS) is 38.1. The molecule has 27 heavy (non-hydrogen) atoms. The average Bonchev–Trinajstić information content (AvgIpc) is 2.94. The van der Waals surface area contributed by atoms with Crippen LogP contribution < -0.4 is 9.03 Å². The fourth-order valence-corrected chi connectivity index (χ4v) is 5.69. The molecule has 0 bridgehead atoms. The van der Waals surface area contributed by atoms with Gasteiger partial charge in [-0.25, -0.2) is 0 Å². The highest BCUT2D eigenvalue weighted by Crippen LogP contribution is 2.37. The van der Waals surface area contributed by atoms with Crippen LogP contribution in [0, 0.1) is 0 Å². The van der Waals surface area contributed by atoms with Gasteiger partial charge in [-0.1, -0.05) is 6.07 Å². The van der Waals surface area contributed by atoms with Gasteiger partial charge in [-0.2, -0.15) is 13.1 Å². The van der Waals surface area contributed by atoms with E-state index in [4.69, 9.17) is 4.74 Å². The van der Waals surface area contributed by atoms with Crippen molar-refractivity contribution in [1.29, 1.82) is 0 Å². The van der Waals surface area contributed by atoms with E-state index in [-0.39, 0.29) is 6.54 Å². The largest absolute Gasteiger partial charge is 0.394 e. The van der Waals surface area contributed by atoms with Gasteiger partial charge in [-0.3, -0.25) is 4.31 Å². The Hall–Kier alpha value is -1.27. The van der Waals surface area contributed by atoms with E-state index in [2.05, 4.69) is 4.72 Å². The molecule has 5 N–H and O–H groups in total. The van der Waals surface area contributed by atoms with Crippen LogP contribution in [0.15, 0.2) is 18.2 Å². The van der Waals surface area contributed by atoms with E-state index in [0.29, 0.717) is 5.69 Å². The summed E-state index contributed by atoms with van der Waals surface area (Å²) >= 11 is 0. The van der Waals surface area contributed by atoms with E-state index < -0.39 is 47.0 Å². The fourth-order valence-electron chi connectivity index (χ4n) is 4.16. The van der Waals surface area contributed by atoms with Crippen LogP contribution in [0.1, 0.15) is 24.0 Å². The van der Waals surface area contributed by atoms with Gasteiger partial charge in [-0.05, 0) is 48.9 Å². The molecular formula is C17H24N2O7S. The zero-order chi connectivity index (χ0) is 19.4. The smallest absolute Gasteiger partial charge is 0.304 e. The molecule has 2 saturated heterocycles. The first-order valence-electron chi connectivity index (χ1n) is 9.04. The molecule has 1 aromatic rings. The van der Waals surface area contributed by atoms with Gasteiger partial charge in [0.1, 0.15) is 24.4 Å². The standard InChI is InChI=1S/C17H24N2O7S/c20-8-13-14(21)15(22)16(23)17(26-13)9-19(27(24,25)18-17)12-6-5-10-3-1-2-4-11(10)7-12/h5-7,13-16,18,20-23H,1-4,8-9H2/t13-,14-,15+,16-,17+/m1/s1. The van der Waals surface area contributed by atoms with Crippen molar-refractivity contribution in [3.8, 4) is 0 Å². The Kier molecular flexibility index (Phi) is 4.70. The lowest BCUT2D eigenvalue weighted by molar-refractivity contribution is -0.271. The molecule has 0 amide bonds. The van der Waals surface area contributed by atoms with E-state index in [9.17, 15) is 28.8 Å². The molecule has 3 aliphatic rings. The van der Waals surface area contributed by atoms with Crippen LogP contribution in [0.25, 0.3) is 0 Å². The third-order valence-electron chi connectivity index (χ3n) is 5.66. The number of benzene rings is 1. The van der Waals surface area contributed by atoms with E-state index >= 15 is 0 Å². The number of aliphatic hydroxyl groups is 4. The summed E-state index contributed by atoms with van der Waals surface area (Å²) < 4.78 is 34.4. The highest BCUT2D eigenvalue weighted by atomic mass is 32.2. The van der Waals surface area contributed by atoms with Crippen LogP contribution in [0.3, 0.4) is 0 Å². The van der Waals surface area contributed by atoms with Crippen LogP contribution in [-0.2, 0) is 27.8 Å². The van der Waals surface area contributed by atoms with Crippen LogP contribution in [0.5, 0.6) is 0 Å². The van der Waals surface area contributed by atoms with Crippen molar-refractivity contribution < 1.29 is 33.6 Å². The molecule has 10 heteroatoms. The second kappa shape index (κ2) is 6.66. The SMILES string of the molecule is O=S1(=O)N[C@@]2(CN1c1ccc3c(c1)CCCC3)O[C@H](CO)[C@@H](O)[C@H](O)[C@H]2O. The van der Waals surface area contributed by atoms with Crippen molar-refractivity contribution >= 4 is 15.9 Å². The summed E-state index contributed by atoms with van der Waals surface area (Å²) in [4.78, 5) is 0. The third-order valence-corrected chi connectivity index (χ3v) is 7.19. The number of rotatable bonds is 2. The summed E-state index contributed by atoms with van der Waals surface area (Å²) in [7, 11) is -4.06. The molecule has 1 aromatic carbocycles. The van der Waals surface area contributed by atoms with Gasteiger partial charge in [0.05, 0.1) is 18.8 Å². The maximum absolute atomic E-state index is 12.7. The minimum absolute atomic E-state index is 0.296. The zero-order valence-corrected chi connectivity index (χ0v) is 15.5. The van der Waals surface area contributed by atoms with Gasteiger partial charge >= 0.3 is 10.2 Å². The number of ether oxygens (including phenoxy) is 1. The summed E-state index contributed by atoms with van der Waals surface area (Å²) in [6.45, 7) is -0.928. The summed E-state index contributed by atoms with van der Waals surface area (Å²) in [6, 6.07) is 5.46. The fraction of sp³-hybridized carbons (Fsp3) is 0.647. The predicted octanol–water partition coefficient (Wildman–Crippen LogP) is -1.61. The molecule has 4 rings (SSSR count). The van der Waals surface area contributed by atoms with Gasteiger partial charge in [0, 0.05) is 0 Å². The second-order valence-corrected chi connectivity index (χ2v) is 9.02. The molecular weight excluding hydrogens is 376 g/mol. The van der Waals surface area contributed by atoms with Gasteiger partial charge < -0.3 is 25.2 Å². The zero-order valence-electron chi connectivity index (χ0n) is 14.7. The topological polar surface area (TPSA) is 140 Å². The lowest BCUT2D eigenvalue weighted by Crippen LogP contribution is -2.70. The third kappa shape index (κ3) is 3.05. The van der Waals surface area contributed by atoms with Gasteiger partial charge in [-0.15, -0.1) is 0 Å². The predicted molar refractivity (Wildman–Crippen MR) is 95.2 cm³/mol. The van der Waals surface area contributed by atoms with Crippen molar-refractivity contribution in [3.63, 3.8) is 0 Å². The maximum Gasteiger partial charge on any atom is 0.304 e. The molecule has 0 aromatic heterocycles. The number of anilines is 1. The first kappa shape index (κ1) is 19.1. The molecule has 0 unspecified atom stereocenters. The number of nitrogens with one attached hydrogen (secondary N) is 1. The van der Waals surface area contributed by atoms with Crippen molar-refractivity contribution in [3.05, 3.63) is 29.3 Å². The molecule has 2 fully saturated rings. The number of nitrogens with zero attached hydrogens (tertiary/aromatic N) is 1. The van der Waals surface area contributed by atoms with Crippen LogP contribution in [-0.4, -0.2) is 72.1 Å². The molecule has 2 aliphatic heterocycles. The minimum Gasteiger partial charge on any atom is -0.394 e.